The van der Waals surface area contributed by atoms with Crippen molar-refractivity contribution in [1.82, 2.24) is 14.8 Å². The van der Waals surface area contributed by atoms with Crippen LogP contribution in [0.5, 0.6) is 0 Å². The van der Waals surface area contributed by atoms with Gasteiger partial charge in [-0.25, -0.2) is 0 Å². The number of likely N-dealkylation sites (N-methyl/N-ethyl adjacent to an activating group) is 1. The monoisotopic (exact) mass is 385 g/mol. The number of hydrogen-bond donors (Lipinski definition) is 1. The number of furan rings is 1. The number of fused-ring (bicyclic) bond motifs is 5. The number of benzene rings is 2. The van der Waals surface area contributed by atoms with Crippen molar-refractivity contribution in [2.45, 2.75) is 18.5 Å². The van der Waals surface area contributed by atoms with Crippen LogP contribution in [0.25, 0.3) is 21.9 Å². The van der Waals surface area contributed by atoms with Crippen molar-refractivity contribution < 1.29 is 14.0 Å². The molecule has 1 fully saturated rings. The summed E-state index contributed by atoms with van der Waals surface area (Å²) >= 11 is 0. The van der Waals surface area contributed by atoms with E-state index in [0.717, 1.165) is 38.7 Å². The van der Waals surface area contributed by atoms with Crippen LogP contribution in [0.3, 0.4) is 0 Å². The molecule has 144 valence electrons. The molecule has 2 aliphatic heterocycles. The lowest BCUT2D eigenvalue weighted by Crippen LogP contribution is -2.62. The lowest BCUT2D eigenvalue weighted by molar-refractivity contribution is -0.157. The van der Waals surface area contributed by atoms with Crippen LogP contribution in [0.1, 0.15) is 22.9 Å². The second kappa shape index (κ2) is 5.73. The Hall–Kier alpha value is -3.54. The first kappa shape index (κ1) is 16.4. The minimum absolute atomic E-state index is 0.00470. The molecule has 2 aromatic heterocycles. The Morgan fingerprint density at radius 1 is 1.10 bits per heavy atom. The predicted octanol–water partition coefficient (Wildman–Crippen LogP) is 3.23. The van der Waals surface area contributed by atoms with Gasteiger partial charge in [-0.15, -0.1) is 0 Å². The molecule has 2 unspecified atom stereocenters. The number of nitrogens with zero attached hydrogens (tertiary/aromatic N) is 2. The smallest absolute Gasteiger partial charge is 0.245 e. The summed E-state index contributed by atoms with van der Waals surface area (Å²) in [6.07, 6.45) is 2.19. The summed E-state index contributed by atoms with van der Waals surface area (Å²) in [6.45, 7) is 0.106. The third kappa shape index (κ3) is 2.23. The molecule has 0 bridgehead atoms. The maximum atomic E-state index is 13.1. The third-order valence-corrected chi connectivity index (χ3v) is 6.25. The molecule has 4 heterocycles. The van der Waals surface area contributed by atoms with Gasteiger partial charge in [-0.3, -0.25) is 9.59 Å². The zero-order chi connectivity index (χ0) is 19.7. The molecule has 2 atom stereocenters. The average molecular weight is 385 g/mol. The number of piperazine rings is 1. The lowest BCUT2D eigenvalue weighted by Gasteiger charge is -2.46. The van der Waals surface area contributed by atoms with E-state index in [-0.39, 0.29) is 24.4 Å². The standard InChI is InChI=1S/C23H19N3O3/c1-25-12-20(27)26-18(23(25)28)11-16-15-4-2-3-5-17(15)24-21(16)22(26)14-6-7-19-13(10-14)8-9-29-19/h2-10,18,22,24H,11-12H2,1H3. The summed E-state index contributed by atoms with van der Waals surface area (Å²) in [7, 11) is 1.70. The normalized spacial score (nSPS) is 21.7. The molecule has 0 spiro atoms. The van der Waals surface area contributed by atoms with Crippen molar-refractivity contribution in [3.8, 4) is 0 Å². The quantitative estimate of drug-likeness (QED) is 0.547. The van der Waals surface area contributed by atoms with Crippen molar-refractivity contribution >= 4 is 33.7 Å². The van der Waals surface area contributed by atoms with Crippen LogP contribution in [-0.2, 0) is 16.0 Å². The van der Waals surface area contributed by atoms with Crippen LogP contribution in [-0.4, -0.2) is 46.2 Å². The van der Waals surface area contributed by atoms with E-state index >= 15 is 0 Å². The van der Waals surface area contributed by atoms with Crippen LogP contribution in [0.2, 0.25) is 0 Å². The third-order valence-electron chi connectivity index (χ3n) is 6.25. The number of rotatable bonds is 1. The van der Waals surface area contributed by atoms with Crippen molar-refractivity contribution in [3.05, 3.63) is 71.6 Å². The van der Waals surface area contributed by atoms with Gasteiger partial charge in [0, 0.05) is 35.5 Å². The van der Waals surface area contributed by atoms with Gasteiger partial charge in [-0.1, -0.05) is 24.3 Å². The second-order valence-corrected chi connectivity index (χ2v) is 7.90. The van der Waals surface area contributed by atoms with Crippen molar-refractivity contribution in [3.63, 3.8) is 0 Å². The molecular formula is C23H19N3O3. The molecule has 6 heteroatoms. The van der Waals surface area contributed by atoms with E-state index < -0.39 is 6.04 Å². The Morgan fingerprint density at radius 2 is 1.97 bits per heavy atom. The maximum Gasteiger partial charge on any atom is 0.245 e. The summed E-state index contributed by atoms with van der Waals surface area (Å²) in [4.78, 5) is 33.0. The molecule has 4 aromatic rings. The van der Waals surface area contributed by atoms with E-state index in [1.54, 1.807) is 23.1 Å². The van der Waals surface area contributed by atoms with Crippen LogP contribution < -0.4 is 0 Å². The van der Waals surface area contributed by atoms with Crippen LogP contribution in [0.15, 0.2) is 59.2 Å². The fraction of sp³-hybridized carbons (Fsp3) is 0.217. The molecular weight excluding hydrogens is 366 g/mol. The van der Waals surface area contributed by atoms with Crippen molar-refractivity contribution in [2.75, 3.05) is 13.6 Å². The molecule has 29 heavy (non-hydrogen) atoms. The molecule has 2 aliphatic rings. The maximum absolute atomic E-state index is 13.1. The number of nitrogens with one attached hydrogen (secondary N) is 1. The second-order valence-electron chi connectivity index (χ2n) is 7.90. The number of hydrogen-bond acceptors (Lipinski definition) is 3. The van der Waals surface area contributed by atoms with Gasteiger partial charge in [-0.05, 0) is 35.4 Å². The Morgan fingerprint density at radius 3 is 2.86 bits per heavy atom. The molecule has 2 aromatic carbocycles. The fourth-order valence-corrected chi connectivity index (χ4v) is 4.91. The number of amides is 2. The highest BCUT2D eigenvalue weighted by Gasteiger charge is 2.47. The fourth-order valence-electron chi connectivity index (χ4n) is 4.91. The van der Waals surface area contributed by atoms with Crippen LogP contribution in [0, 0.1) is 0 Å². The Kier molecular flexibility index (Phi) is 3.25. The molecule has 0 aliphatic carbocycles. The van der Waals surface area contributed by atoms with E-state index in [9.17, 15) is 9.59 Å². The van der Waals surface area contributed by atoms with Crippen LogP contribution >= 0.6 is 0 Å². The van der Waals surface area contributed by atoms with Crippen molar-refractivity contribution in [2.24, 2.45) is 0 Å². The summed E-state index contributed by atoms with van der Waals surface area (Å²) in [6, 6.07) is 15.2. The van der Waals surface area contributed by atoms with Gasteiger partial charge in [0.05, 0.1) is 18.8 Å². The van der Waals surface area contributed by atoms with Gasteiger partial charge in [0.1, 0.15) is 11.6 Å². The topological polar surface area (TPSA) is 69.6 Å². The molecule has 6 nitrogen and oxygen atoms in total. The van der Waals surface area contributed by atoms with E-state index in [0.29, 0.717) is 6.42 Å². The largest absolute Gasteiger partial charge is 0.464 e. The SMILES string of the molecule is CN1CC(=O)N2C(Cc3c([nH]c4ccccc34)C2c2ccc3occc3c2)C1=O. The Balaban J connectivity index is 1.62. The highest BCUT2D eigenvalue weighted by atomic mass is 16.3. The van der Waals surface area contributed by atoms with Gasteiger partial charge >= 0.3 is 0 Å². The van der Waals surface area contributed by atoms with E-state index in [2.05, 4.69) is 17.1 Å². The average Bonchev–Trinajstić information content (AvgIpc) is 3.34. The summed E-state index contributed by atoms with van der Waals surface area (Å²) in [5.74, 6) is -0.0337. The number of aromatic amines is 1. The first-order chi connectivity index (χ1) is 14.1. The highest BCUT2D eigenvalue weighted by molar-refractivity contribution is 5.97. The summed E-state index contributed by atoms with van der Waals surface area (Å²) in [5.41, 5.74) is 4.92. The highest BCUT2D eigenvalue weighted by Crippen LogP contribution is 2.42. The molecule has 2 amide bonds. The number of carbonyl (C=O) groups excluding carboxylic acids is 2. The zero-order valence-electron chi connectivity index (χ0n) is 15.9. The molecule has 0 radical (unpaired) electrons. The van der Waals surface area contributed by atoms with Gasteiger partial charge < -0.3 is 19.2 Å². The first-order valence-corrected chi connectivity index (χ1v) is 9.74. The van der Waals surface area contributed by atoms with Gasteiger partial charge in [0.15, 0.2) is 0 Å². The molecule has 0 saturated carbocycles. The van der Waals surface area contributed by atoms with E-state index in [1.165, 1.54) is 0 Å². The van der Waals surface area contributed by atoms with Gasteiger partial charge in [0.25, 0.3) is 0 Å². The number of aromatic nitrogens is 1. The number of H-pyrrole nitrogens is 1. The lowest BCUT2D eigenvalue weighted by atomic mass is 9.86. The minimum Gasteiger partial charge on any atom is -0.464 e. The molecule has 1 N–H and O–H groups in total. The van der Waals surface area contributed by atoms with Gasteiger partial charge in [-0.2, -0.15) is 0 Å². The zero-order valence-corrected chi connectivity index (χ0v) is 15.9. The summed E-state index contributed by atoms with van der Waals surface area (Å²) < 4.78 is 5.49. The minimum atomic E-state index is -0.488. The summed E-state index contributed by atoms with van der Waals surface area (Å²) in [5, 5.41) is 2.10. The Bertz CT molecular complexity index is 1300. The first-order valence-electron chi connectivity index (χ1n) is 9.74. The molecule has 6 rings (SSSR count). The van der Waals surface area contributed by atoms with Crippen molar-refractivity contribution in [1.29, 1.82) is 0 Å². The number of para-hydroxylation sites is 1. The van der Waals surface area contributed by atoms with Crippen LogP contribution in [0.4, 0.5) is 0 Å². The Labute approximate surface area is 166 Å². The number of carbonyl (C=O) groups is 2. The predicted molar refractivity (Wildman–Crippen MR) is 108 cm³/mol. The molecule has 1 saturated heterocycles. The van der Waals surface area contributed by atoms with E-state index in [1.807, 2.05) is 36.4 Å². The van der Waals surface area contributed by atoms with Gasteiger partial charge in [0.2, 0.25) is 11.8 Å². The van der Waals surface area contributed by atoms with E-state index in [4.69, 9.17) is 4.42 Å².